The van der Waals surface area contributed by atoms with Crippen molar-refractivity contribution in [3.8, 4) is 11.1 Å². The third-order valence-electron chi connectivity index (χ3n) is 7.98. The van der Waals surface area contributed by atoms with Crippen LogP contribution in [-0.2, 0) is 0 Å². The zero-order chi connectivity index (χ0) is 22.5. The van der Waals surface area contributed by atoms with E-state index in [0.29, 0.717) is 17.0 Å². The van der Waals surface area contributed by atoms with Crippen LogP contribution in [0.3, 0.4) is 0 Å². The maximum Gasteiger partial charge on any atom is 0.166 e. The van der Waals surface area contributed by atoms with Gasteiger partial charge in [0.2, 0.25) is 0 Å². The number of rotatable bonds is 7. The lowest BCUT2D eigenvalue weighted by molar-refractivity contribution is 0.287. The third-order valence-corrected chi connectivity index (χ3v) is 7.98. The van der Waals surface area contributed by atoms with E-state index in [4.69, 9.17) is 0 Å². The quantitative estimate of drug-likeness (QED) is 0.379. The minimum atomic E-state index is -0.744. The maximum atomic E-state index is 14.3. The van der Waals surface area contributed by atoms with Gasteiger partial charge in [-0.25, -0.2) is 8.78 Å². The van der Waals surface area contributed by atoms with Crippen molar-refractivity contribution >= 4 is 0 Å². The molecule has 0 aliphatic heterocycles. The van der Waals surface area contributed by atoms with Crippen LogP contribution in [0.25, 0.3) is 11.1 Å². The standard InChI is InChI=1S/C30H38F2/c1-3-4-22-6-8-23(9-7-22)10-11-24-12-14-25(15-13-24)26-16-18-27(19-17-26)28-20-5-21(2)29(31)30(28)32/h5-6,8,16-20,22-25H,3-4,7,9-15H2,1-2H3. The molecule has 0 bridgehead atoms. The van der Waals surface area contributed by atoms with Crippen LogP contribution < -0.4 is 0 Å². The molecule has 1 fully saturated rings. The van der Waals surface area contributed by atoms with Gasteiger partial charge in [-0.2, -0.15) is 0 Å². The summed E-state index contributed by atoms with van der Waals surface area (Å²) in [6, 6.07) is 11.5. The second-order valence-electron chi connectivity index (χ2n) is 10.2. The highest BCUT2D eigenvalue weighted by Gasteiger charge is 2.24. The minimum absolute atomic E-state index is 0.347. The Morgan fingerprint density at radius 1 is 0.719 bits per heavy atom. The largest absolute Gasteiger partial charge is 0.203 e. The third kappa shape index (κ3) is 5.50. The van der Waals surface area contributed by atoms with E-state index < -0.39 is 11.6 Å². The highest BCUT2D eigenvalue weighted by Crippen LogP contribution is 2.39. The molecule has 2 atom stereocenters. The SMILES string of the molecule is CCCC1C=CC(CCC2CCC(c3ccc(-c4ccc(C)c(F)c4F)cc3)CC2)CC1. The van der Waals surface area contributed by atoms with Gasteiger partial charge in [0, 0.05) is 5.56 Å². The second-order valence-corrected chi connectivity index (χ2v) is 10.2. The molecule has 2 unspecified atom stereocenters. The lowest BCUT2D eigenvalue weighted by Crippen LogP contribution is -2.15. The van der Waals surface area contributed by atoms with Crippen molar-refractivity contribution in [2.45, 2.75) is 84.0 Å². The maximum absolute atomic E-state index is 14.3. The Morgan fingerprint density at radius 2 is 1.38 bits per heavy atom. The van der Waals surface area contributed by atoms with E-state index in [-0.39, 0.29) is 0 Å². The molecular weight excluding hydrogens is 398 g/mol. The zero-order valence-corrected chi connectivity index (χ0v) is 19.8. The summed E-state index contributed by atoms with van der Waals surface area (Å²) in [4.78, 5) is 0. The summed E-state index contributed by atoms with van der Waals surface area (Å²) in [7, 11) is 0. The van der Waals surface area contributed by atoms with Crippen molar-refractivity contribution in [2.24, 2.45) is 17.8 Å². The van der Waals surface area contributed by atoms with Crippen LogP contribution in [0.1, 0.15) is 88.2 Å². The molecule has 2 aromatic carbocycles. The summed E-state index contributed by atoms with van der Waals surface area (Å²) >= 11 is 0. The van der Waals surface area contributed by atoms with Gasteiger partial charge < -0.3 is 0 Å². The van der Waals surface area contributed by atoms with E-state index in [0.717, 1.165) is 23.3 Å². The van der Waals surface area contributed by atoms with Gasteiger partial charge in [-0.15, -0.1) is 0 Å². The molecular formula is C30H38F2. The molecule has 2 aromatic rings. The summed E-state index contributed by atoms with van der Waals surface area (Å²) in [6.45, 7) is 3.88. The Morgan fingerprint density at radius 3 is 2.00 bits per heavy atom. The van der Waals surface area contributed by atoms with Crippen LogP contribution >= 0.6 is 0 Å². The van der Waals surface area contributed by atoms with E-state index in [9.17, 15) is 8.78 Å². The van der Waals surface area contributed by atoms with Crippen LogP contribution in [-0.4, -0.2) is 0 Å². The summed E-state index contributed by atoms with van der Waals surface area (Å²) in [5.41, 5.74) is 2.79. The highest BCUT2D eigenvalue weighted by atomic mass is 19.2. The van der Waals surface area contributed by atoms with Crippen LogP contribution in [0.2, 0.25) is 0 Å². The number of halogens is 2. The number of allylic oxidation sites excluding steroid dienone is 2. The minimum Gasteiger partial charge on any atom is -0.203 e. The van der Waals surface area contributed by atoms with E-state index in [1.165, 1.54) is 69.8 Å². The fourth-order valence-electron chi connectivity index (χ4n) is 5.82. The van der Waals surface area contributed by atoms with Gasteiger partial charge in [0.05, 0.1) is 0 Å². The van der Waals surface area contributed by atoms with Crippen molar-refractivity contribution in [1.29, 1.82) is 0 Å². The molecule has 172 valence electrons. The summed E-state index contributed by atoms with van der Waals surface area (Å²) < 4.78 is 28.3. The molecule has 4 rings (SSSR count). The van der Waals surface area contributed by atoms with Crippen molar-refractivity contribution < 1.29 is 8.78 Å². The molecule has 0 N–H and O–H groups in total. The monoisotopic (exact) mass is 436 g/mol. The fourth-order valence-corrected chi connectivity index (χ4v) is 5.82. The Balaban J connectivity index is 1.27. The number of benzene rings is 2. The molecule has 2 heteroatoms. The molecule has 0 nitrogen and oxygen atoms in total. The lowest BCUT2D eigenvalue weighted by Gasteiger charge is -2.30. The van der Waals surface area contributed by atoms with Crippen LogP contribution in [0, 0.1) is 36.3 Å². The second kappa shape index (κ2) is 10.8. The normalized spacial score (nSPS) is 25.8. The number of aryl methyl sites for hydroxylation is 1. The van der Waals surface area contributed by atoms with E-state index in [2.05, 4.69) is 31.2 Å². The first kappa shape index (κ1) is 23.2. The first-order valence-electron chi connectivity index (χ1n) is 12.8. The molecule has 0 heterocycles. The Labute approximate surface area is 193 Å². The van der Waals surface area contributed by atoms with E-state index >= 15 is 0 Å². The van der Waals surface area contributed by atoms with Crippen molar-refractivity contribution in [3.63, 3.8) is 0 Å². The van der Waals surface area contributed by atoms with Gasteiger partial charge >= 0.3 is 0 Å². The van der Waals surface area contributed by atoms with Gasteiger partial charge in [0.25, 0.3) is 0 Å². The van der Waals surface area contributed by atoms with Crippen LogP contribution in [0.4, 0.5) is 8.78 Å². The molecule has 0 saturated heterocycles. The van der Waals surface area contributed by atoms with Gasteiger partial charge in [-0.3, -0.25) is 0 Å². The lowest BCUT2D eigenvalue weighted by atomic mass is 9.75. The molecule has 32 heavy (non-hydrogen) atoms. The highest BCUT2D eigenvalue weighted by molar-refractivity contribution is 5.65. The Kier molecular flexibility index (Phi) is 7.81. The summed E-state index contributed by atoms with van der Waals surface area (Å²) in [5.74, 6) is 1.63. The van der Waals surface area contributed by atoms with Gasteiger partial charge in [-0.1, -0.05) is 61.9 Å². The van der Waals surface area contributed by atoms with Crippen LogP contribution in [0.5, 0.6) is 0 Å². The molecule has 0 amide bonds. The van der Waals surface area contributed by atoms with Crippen LogP contribution in [0.15, 0.2) is 48.6 Å². The summed E-state index contributed by atoms with van der Waals surface area (Å²) in [5, 5.41) is 0. The fraction of sp³-hybridized carbons (Fsp3) is 0.533. The predicted octanol–water partition coefficient (Wildman–Crippen LogP) is 9.38. The van der Waals surface area contributed by atoms with E-state index in [1.54, 1.807) is 19.1 Å². The van der Waals surface area contributed by atoms with Crippen molar-refractivity contribution in [2.75, 3.05) is 0 Å². The van der Waals surface area contributed by atoms with Gasteiger partial charge in [0.1, 0.15) is 0 Å². The molecule has 0 aromatic heterocycles. The van der Waals surface area contributed by atoms with Crippen molar-refractivity contribution in [1.82, 2.24) is 0 Å². The Bertz CT molecular complexity index is 903. The molecule has 1 saturated carbocycles. The number of hydrogen-bond acceptors (Lipinski definition) is 0. The first-order chi connectivity index (χ1) is 15.5. The molecule has 2 aliphatic carbocycles. The topological polar surface area (TPSA) is 0 Å². The van der Waals surface area contributed by atoms with E-state index in [1.807, 2.05) is 12.1 Å². The zero-order valence-electron chi connectivity index (χ0n) is 19.8. The molecule has 2 aliphatic rings. The molecule has 0 spiro atoms. The first-order valence-corrected chi connectivity index (χ1v) is 12.8. The van der Waals surface area contributed by atoms with Crippen molar-refractivity contribution in [3.05, 3.63) is 71.3 Å². The van der Waals surface area contributed by atoms with Gasteiger partial charge in [-0.05, 0) is 105 Å². The average Bonchev–Trinajstić information content (AvgIpc) is 2.83. The van der Waals surface area contributed by atoms with Gasteiger partial charge in [0.15, 0.2) is 11.6 Å². The smallest absolute Gasteiger partial charge is 0.166 e. The number of hydrogen-bond donors (Lipinski definition) is 0. The predicted molar refractivity (Wildman–Crippen MR) is 131 cm³/mol. The molecule has 0 radical (unpaired) electrons. The average molecular weight is 437 g/mol. The Hall–Kier alpha value is -1.96. The summed E-state index contributed by atoms with van der Waals surface area (Å²) in [6.07, 6.45) is 18.3.